The van der Waals surface area contributed by atoms with E-state index < -0.39 is 0 Å². The van der Waals surface area contributed by atoms with Crippen LogP contribution in [0.5, 0.6) is 0 Å². The van der Waals surface area contributed by atoms with Gasteiger partial charge in [-0.15, -0.1) is 0 Å². The molecule has 0 aliphatic carbocycles. The molecule has 0 heterocycles. The smallest absolute Gasteiger partial charge is 0.0616 e. The van der Waals surface area contributed by atoms with Crippen LogP contribution >= 0.6 is 0 Å². The van der Waals surface area contributed by atoms with E-state index in [2.05, 4.69) is 31.0 Å². The highest BCUT2D eigenvalue weighted by Crippen LogP contribution is 1.87. The van der Waals surface area contributed by atoms with E-state index in [1.54, 1.807) is 0 Å². The number of ether oxygens (including phenoxy) is 1. The van der Waals surface area contributed by atoms with Gasteiger partial charge in [-0.3, -0.25) is 0 Å². The van der Waals surface area contributed by atoms with Crippen LogP contribution in [0.25, 0.3) is 0 Å². The monoisotopic (exact) mass is 202 g/mol. The lowest BCUT2D eigenvalue weighted by Crippen LogP contribution is -2.37. The minimum atomic E-state index is 0.463. The Morgan fingerprint density at radius 2 is 1.86 bits per heavy atom. The third-order valence-corrected chi connectivity index (χ3v) is 2.39. The van der Waals surface area contributed by atoms with E-state index in [1.165, 1.54) is 0 Å². The molecule has 0 saturated heterocycles. The summed E-state index contributed by atoms with van der Waals surface area (Å²) >= 11 is 0. The van der Waals surface area contributed by atoms with Crippen LogP contribution in [-0.4, -0.2) is 50.3 Å². The summed E-state index contributed by atoms with van der Waals surface area (Å²) in [5.74, 6) is 0. The Bertz CT molecular complexity index is 116. The normalized spacial score (nSPS) is 13.5. The molecule has 0 saturated carbocycles. The van der Waals surface area contributed by atoms with E-state index >= 15 is 0 Å². The standard InChI is InChI=1S/C11H26N2O/c1-5-13(6-2)9-8-12-11(4)10-14-7-3/h11-12H,5-10H2,1-4H3. The van der Waals surface area contributed by atoms with Crippen molar-refractivity contribution in [3.05, 3.63) is 0 Å². The van der Waals surface area contributed by atoms with Crippen molar-refractivity contribution in [3.63, 3.8) is 0 Å². The zero-order valence-electron chi connectivity index (χ0n) is 10.2. The van der Waals surface area contributed by atoms with Crippen molar-refractivity contribution in [2.75, 3.05) is 39.4 Å². The molecule has 0 spiro atoms. The van der Waals surface area contributed by atoms with E-state index in [-0.39, 0.29) is 0 Å². The molecule has 0 aliphatic heterocycles. The van der Waals surface area contributed by atoms with Crippen molar-refractivity contribution < 1.29 is 4.74 Å². The molecule has 0 bridgehead atoms. The predicted octanol–water partition coefficient (Wildman–Crippen LogP) is 1.34. The van der Waals surface area contributed by atoms with Crippen molar-refractivity contribution in [1.82, 2.24) is 10.2 Å². The molecule has 0 aromatic rings. The van der Waals surface area contributed by atoms with Crippen LogP contribution in [0.3, 0.4) is 0 Å². The number of hydrogen-bond donors (Lipinski definition) is 1. The lowest BCUT2D eigenvalue weighted by molar-refractivity contribution is 0.126. The first-order valence-corrected chi connectivity index (χ1v) is 5.78. The number of hydrogen-bond acceptors (Lipinski definition) is 3. The van der Waals surface area contributed by atoms with E-state index in [0.29, 0.717) is 6.04 Å². The number of likely N-dealkylation sites (N-methyl/N-ethyl adjacent to an activating group) is 1. The molecular weight excluding hydrogens is 176 g/mol. The van der Waals surface area contributed by atoms with Gasteiger partial charge in [0.15, 0.2) is 0 Å². The summed E-state index contributed by atoms with van der Waals surface area (Å²) < 4.78 is 5.33. The van der Waals surface area contributed by atoms with Crippen LogP contribution in [0.4, 0.5) is 0 Å². The molecule has 0 aromatic heterocycles. The molecule has 1 N–H and O–H groups in total. The number of nitrogens with one attached hydrogen (secondary N) is 1. The first-order valence-electron chi connectivity index (χ1n) is 5.78. The Balaban J connectivity index is 3.33. The van der Waals surface area contributed by atoms with Crippen molar-refractivity contribution in [2.45, 2.75) is 33.7 Å². The van der Waals surface area contributed by atoms with Crippen LogP contribution in [-0.2, 0) is 4.74 Å². The largest absolute Gasteiger partial charge is 0.380 e. The van der Waals surface area contributed by atoms with Gasteiger partial charge in [-0.05, 0) is 26.9 Å². The molecule has 14 heavy (non-hydrogen) atoms. The molecule has 0 amide bonds. The summed E-state index contributed by atoms with van der Waals surface area (Å²) in [6, 6.07) is 0.463. The van der Waals surface area contributed by atoms with Gasteiger partial charge in [-0.2, -0.15) is 0 Å². The highest BCUT2D eigenvalue weighted by Gasteiger charge is 2.02. The van der Waals surface area contributed by atoms with Crippen LogP contribution in [0.2, 0.25) is 0 Å². The molecule has 0 aliphatic rings. The first-order chi connectivity index (χ1) is 6.74. The highest BCUT2D eigenvalue weighted by atomic mass is 16.5. The number of nitrogens with zero attached hydrogens (tertiary/aromatic N) is 1. The Kier molecular flexibility index (Phi) is 9.35. The van der Waals surface area contributed by atoms with Gasteiger partial charge in [-0.1, -0.05) is 13.8 Å². The van der Waals surface area contributed by atoms with E-state index in [0.717, 1.165) is 39.4 Å². The summed E-state index contributed by atoms with van der Waals surface area (Å²) in [6.45, 7) is 14.7. The third-order valence-electron chi connectivity index (χ3n) is 2.39. The van der Waals surface area contributed by atoms with Gasteiger partial charge in [0.2, 0.25) is 0 Å². The van der Waals surface area contributed by atoms with E-state index in [4.69, 9.17) is 4.74 Å². The van der Waals surface area contributed by atoms with Crippen molar-refractivity contribution in [3.8, 4) is 0 Å². The second kappa shape index (κ2) is 9.44. The molecule has 0 rings (SSSR count). The van der Waals surface area contributed by atoms with Gasteiger partial charge in [-0.25, -0.2) is 0 Å². The van der Waals surface area contributed by atoms with Crippen LogP contribution in [0.1, 0.15) is 27.7 Å². The van der Waals surface area contributed by atoms with Gasteiger partial charge < -0.3 is 15.0 Å². The zero-order chi connectivity index (χ0) is 10.8. The van der Waals surface area contributed by atoms with Crippen LogP contribution < -0.4 is 5.32 Å². The Morgan fingerprint density at radius 3 is 2.36 bits per heavy atom. The minimum absolute atomic E-state index is 0.463. The van der Waals surface area contributed by atoms with Gasteiger partial charge in [0.25, 0.3) is 0 Å². The Morgan fingerprint density at radius 1 is 1.21 bits per heavy atom. The maximum atomic E-state index is 5.33. The van der Waals surface area contributed by atoms with Crippen LogP contribution in [0, 0.1) is 0 Å². The fraction of sp³-hybridized carbons (Fsp3) is 1.00. The fourth-order valence-corrected chi connectivity index (χ4v) is 1.36. The number of rotatable bonds is 9. The molecule has 3 heteroatoms. The van der Waals surface area contributed by atoms with Crippen molar-refractivity contribution >= 4 is 0 Å². The lowest BCUT2D eigenvalue weighted by Gasteiger charge is -2.20. The maximum Gasteiger partial charge on any atom is 0.0616 e. The average Bonchev–Trinajstić information content (AvgIpc) is 2.21. The Labute approximate surface area is 88.8 Å². The summed E-state index contributed by atoms with van der Waals surface area (Å²) in [5.41, 5.74) is 0. The Hall–Kier alpha value is -0.120. The molecular formula is C11H26N2O. The van der Waals surface area contributed by atoms with Crippen molar-refractivity contribution in [1.29, 1.82) is 0 Å². The third kappa shape index (κ3) is 7.30. The summed E-state index contributed by atoms with van der Waals surface area (Å²) in [7, 11) is 0. The minimum Gasteiger partial charge on any atom is -0.380 e. The second-order valence-electron chi connectivity index (χ2n) is 3.54. The van der Waals surface area contributed by atoms with Crippen molar-refractivity contribution in [2.24, 2.45) is 0 Å². The fourth-order valence-electron chi connectivity index (χ4n) is 1.36. The SMILES string of the molecule is CCOCC(C)NCCN(CC)CC. The highest BCUT2D eigenvalue weighted by molar-refractivity contribution is 4.61. The topological polar surface area (TPSA) is 24.5 Å². The zero-order valence-corrected chi connectivity index (χ0v) is 10.2. The molecule has 86 valence electrons. The molecule has 1 unspecified atom stereocenters. The molecule has 0 radical (unpaired) electrons. The summed E-state index contributed by atoms with van der Waals surface area (Å²) in [6.07, 6.45) is 0. The van der Waals surface area contributed by atoms with Gasteiger partial charge >= 0.3 is 0 Å². The molecule has 3 nitrogen and oxygen atoms in total. The van der Waals surface area contributed by atoms with E-state index in [1.807, 2.05) is 6.92 Å². The van der Waals surface area contributed by atoms with Gasteiger partial charge in [0, 0.05) is 25.7 Å². The average molecular weight is 202 g/mol. The van der Waals surface area contributed by atoms with E-state index in [9.17, 15) is 0 Å². The lowest BCUT2D eigenvalue weighted by atomic mass is 10.3. The summed E-state index contributed by atoms with van der Waals surface area (Å²) in [4.78, 5) is 2.42. The predicted molar refractivity (Wildman–Crippen MR) is 61.7 cm³/mol. The van der Waals surface area contributed by atoms with Gasteiger partial charge in [0.1, 0.15) is 0 Å². The second-order valence-corrected chi connectivity index (χ2v) is 3.54. The first kappa shape index (κ1) is 13.9. The molecule has 1 atom stereocenters. The molecule has 0 aromatic carbocycles. The van der Waals surface area contributed by atoms with Crippen LogP contribution in [0.15, 0.2) is 0 Å². The molecule has 0 fully saturated rings. The summed E-state index contributed by atoms with van der Waals surface area (Å²) in [5, 5.41) is 3.45. The quantitative estimate of drug-likeness (QED) is 0.611. The van der Waals surface area contributed by atoms with Gasteiger partial charge in [0.05, 0.1) is 6.61 Å². The maximum absolute atomic E-state index is 5.33.